The van der Waals surface area contributed by atoms with Crippen LogP contribution in [-0.4, -0.2) is 52.8 Å². The average Bonchev–Trinajstić information content (AvgIpc) is 3.22. The van der Waals surface area contributed by atoms with E-state index < -0.39 is 4.92 Å². The SMILES string of the molecule is CC(=O)N1CCN(C(=NCc2ccc([N+](=O)[O-])cc2)NCc2cccs2)CC1. The number of nitro benzene ring substituents is 1. The Morgan fingerprint density at radius 1 is 1.18 bits per heavy atom. The number of carbonyl (C=O) groups is 1. The summed E-state index contributed by atoms with van der Waals surface area (Å²) in [7, 11) is 0. The summed E-state index contributed by atoms with van der Waals surface area (Å²) in [6, 6.07) is 10.5. The third kappa shape index (κ3) is 5.29. The van der Waals surface area contributed by atoms with Gasteiger partial charge >= 0.3 is 0 Å². The van der Waals surface area contributed by atoms with Crippen molar-refractivity contribution >= 4 is 28.9 Å². The molecule has 28 heavy (non-hydrogen) atoms. The Morgan fingerprint density at radius 3 is 2.43 bits per heavy atom. The van der Waals surface area contributed by atoms with Gasteiger partial charge in [0.25, 0.3) is 5.69 Å². The molecule has 8 nitrogen and oxygen atoms in total. The molecule has 1 amide bonds. The summed E-state index contributed by atoms with van der Waals surface area (Å²) in [6.07, 6.45) is 0. The summed E-state index contributed by atoms with van der Waals surface area (Å²) in [5, 5.41) is 16.2. The molecule has 1 aromatic carbocycles. The van der Waals surface area contributed by atoms with Crippen LogP contribution >= 0.6 is 11.3 Å². The number of carbonyl (C=O) groups excluding carboxylic acids is 1. The van der Waals surface area contributed by atoms with E-state index in [1.165, 1.54) is 17.0 Å². The number of hydrogen-bond donors (Lipinski definition) is 1. The van der Waals surface area contributed by atoms with Gasteiger partial charge in [-0.05, 0) is 17.0 Å². The van der Waals surface area contributed by atoms with Crippen molar-refractivity contribution in [3.8, 4) is 0 Å². The van der Waals surface area contributed by atoms with Crippen LogP contribution in [0.25, 0.3) is 0 Å². The van der Waals surface area contributed by atoms with Gasteiger partial charge < -0.3 is 15.1 Å². The number of aliphatic imine (C=N–C) groups is 1. The van der Waals surface area contributed by atoms with E-state index >= 15 is 0 Å². The van der Waals surface area contributed by atoms with Crippen LogP contribution in [0.4, 0.5) is 5.69 Å². The van der Waals surface area contributed by atoms with Gasteiger partial charge in [0.15, 0.2) is 5.96 Å². The summed E-state index contributed by atoms with van der Waals surface area (Å²) in [5.41, 5.74) is 0.979. The molecule has 1 aliphatic heterocycles. The minimum atomic E-state index is -0.407. The lowest BCUT2D eigenvalue weighted by Gasteiger charge is -2.36. The number of rotatable bonds is 5. The predicted molar refractivity (Wildman–Crippen MR) is 109 cm³/mol. The Labute approximate surface area is 167 Å². The lowest BCUT2D eigenvalue weighted by Crippen LogP contribution is -2.53. The Morgan fingerprint density at radius 2 is 1.86 bits per heavy atom. The van der Waals surface area contributed by atoms with Gasteiger partial charge in [0.1, 0.15) is 0 Å². The molecule has 1 saturated heterocycles. The van der Waals surface area contributed by atoms with Crippen molar-refractivity contribution in [1.82, 2.24) is 15.1 Å². The molecule has 1 aliphatic rings. The Hall–Kier alpha value is -2.94. The number of amides is 1. The first-order valence-corrected chi connectivity index (χ1v) is 9.95. The number of nitrogens with one attached hydrogen (secondary N) is 1. The number of thiophene rings is 1. The van der Waals surface area contributed by atoms with Crippen LogP contribution in [0.3, 0.4) is 0 Å². The van der Waals surface area contributed by atoms with Gasteiger partial charge in [-0.2, -0.15) is 0 Å². The van der Waals surface area contributed by atoms with E-state index in [1.54, 1.807) is 30.4 Å². The van der Waals surface area contributed by atoms with Crippen LogP contribution in [0.1, 0.15) is 17.4 Å². The Bertz CT molecular complexity index is 828. The van der Waals surface area contributed by atoms with E-state index in [0.717, 1.165) is 24.6 Å². The largest absolute Gasteiger partial charge is 0.351 e. The molecular formula is C19H23N5O3S. The first-order valence-electron chi connectivity index (χ1n) is 9.07. The normalized spacial score (nSPS) is 14.8. The fourth-order valence-electron chi connectivity index (χ4n) is 2.97. The van der Waals surface area contributed by atoms with E-state index in [0.29, 0.717) is 26.2 Å². The number of non-ortho nitro benzene ring substituents is 1. The zero-order valence-corrected chi connectivity index (χ0v) is 16.5. The van der Waals surface area contributed by atoms with Crippen LogP contribution in [0.5, 0.6) is 0 Å². The molecule has 0 radical (unpaired) electrons. The van der Waals surface area contributed by atoms with Gasteiger partial charge in [-0.15, -0.1) is 11.3 Å². The molecule has 0 atom stereocenters. The van der Waals surface area contributed by atoms with Crippen molar-refractivity contribution in [2.75, 3.05) is 26.2 Å². The van der Waals surface area contributed by atoms with Gasteiger partial charge in [0.2, 0.25) is 5.91 Å². The van der Waals surface area contributed by atoms with E-state index in [2.05, 4.69) is 16.3 Å². The highest BCUT2D eigenvalue weighted by Crippen LogP contribution is 2.13. The number of nitrogens with zero attached hydrogens (tertiary/aromatic N) is 4. The highest BCUT2D eigenvalue weighted by molar-refractivity contribution is 7.09. The monoisotopic (exact) mass is 401 g/mol. The van der Waals surface area contributed by atoms with Gasteiger partial charge in [-0.3, -0.25) is 14.9 Å². The Kier molecular flexibility index (Phi) is 6.59. The van der Waals surface area contributed by atoms with E-state index in [1.807, 2.05) is 16.3 Å². The number of guanidine groups is 1. The van der Waals surface area contributed by atoms with E-state index in [4.69, 9.17) is 4.99 Å². The number of hydrogen-bond acceptors (Lipinski definition) is 5. The second-order valence-electron chi connectivity index (χ2n) is 6.49. The van der Waals surface area contributed by atoms with Crippen LogP contribution in [0.15, 0.2) is 46.8 Å². The van der Waals surface area contributed by atoms with E-state index in [-0.39, 0.29) is 11.6 Å². The first kappa shape index (κ1) is 19.8. The average molecular weight is 401 g/mol. The maximum atomic E-state index is 11.6. The summed E-state index contributed by atoms with van der Waals surface area (Å²) in [5.74, 6) is 0.880. The van der Waals surface area contributed by atoms with Crippen molar-refractivity contribution < 1.29 is 9.72 Å². The molecule has 1 fully saturated rings. The number of nitro groups is 1. The highest BCUT2D eigenvalue weighted by Gasteiger charge is 2.21. The topological polar surface area (TPSA) is 91.1 Å². The molecule has 0 aliphatic carbocycles. The lowest BCUT2D eigenvalue weighted by atomic mass is 10.2. The van der Waals surface area contributed by atoms with Crippen LogP contribution in [-0.2, 0) is 17.9 Å². The number of piperazine rings is 1. The van der Waals surface area contributed by atoms with Crippen LogP contribution in [0, 0.1) is 10.1 Å². The van der Waals surface area contributed by atoms with Gasteiger partial charge in [-0.25, -0.2) is 4.99 Å². The molecule has 3 rings (SSSR count). The van der Waals surface area contributed by atoms with E-state index in [9.17, 15) is 14.9 Å². The molecule has 0 spiro atoms. The van der Waals surface area contributed by atoms with Crippen molar-refractivity contribution in [2.24, 2.45) is 4.99 Å². The number of benzene rings is 1. The summed E-state index contributed by atoms with van der Waals surface area (Å²) < 4.78 is 0. The highest BCUT2D eigenvalue weighted by atomic mass is 32.1. The van der Waals surface area contributed by atoms with Crippen LogP contribution < -0.4 is 5.32 Å². The molecule has 9 heteroatoms. The second-order valence-corrected chi connectivity index (χ2v) is 7.52. The first-order chi connectivity index (χ1) is 13.5. The molecule has 1 aromatic heterocycles. The molecule has 0 bridgehead atoms. The van der Waals surface area contributed by atoms with Crippen LogP contribution in [0.2, 0.25) is 0 Å². The van der Waals surface area contributed by atoms with Gasteiger partial charge in [0, 0.05) is 50.1 Å². The minimum absolute atomic E-state index is 0.0733. The minimum Gasteiger partial charge on any atom is -0.351 e. The molecule has 2 aromatic rings. The van der Waals surface area contributed by atoms with Crippen molar-refractivity contribution in [2.45, 2.75) is 20.0 Å². The summed E-state index contributed by atoms with van der Waals surface area (Å²) >= 11 is 1.68. The smallest absolute Gasteiger partial charge is 0.269 e. The zero-order valence-electron chi connectivity index (χ0n) is 15.7. The zero-order chi connectivity index (χ0) is 19.9. The molecule has 0 saturated carbocycles. The lowest BCUT2D eigenvalue weighted by molar-refractivity contribution is -0.384. The van der Waals surface area contributed by atoms with Crippen molar-refractivity contribution in [3.05, 3.63) is 62.3 Å². The standard InChI is InChI=1S/C19H23N5O3S/c1-15(25)22-8-10-23(11-9-22)19(21-14-18-3-2-12-28-18)20-13-16-4-6-17(7-5-16)24(26)27/h2-7,12H,8-11,13-14H2,1H3,(H,20,21). The second kappa shape index (κ2) is 9.32. The van der Waals surface area contributed by atoms with Crippen molar-refractivity contribution in [1.29, 1.82) is 0 Å². The summed E-state index contributed by atoms with van der Waals surface area (Å²) in [6.45, 7) is 5.49. The molecule has 2 heterocycles. The fraction of sp³-hybridized carbons (Fsp3) is 0.368. The fourth-order valence-corrected chi connectivity index (χ4v) is 3.61. The third-order valence-corrected chi connectivity index (χ3v) is 5.46. The maximum Gasteiger partial charge on any atom is 0.269 e. The van der Waals surface area contributed by atoms with Gasteiger partial charge in [0.05, 0.1) is 18.0 Å². The molecule has 1 N–H and O–H groups in total. The maximum absolute atomic E-state index is 11.6. The van der Waals surface area contributed by atoms with Gasteiger partial charge in [-0.1, -0.05) is 18.2 Å². The molecule has 0 unspecified atom stereocenters. The third-order valence-electron chi connectivity index (χ3n) is 4.58. The summed E-state index contributed by atoms with van der Waals surface area (Å²) in [4.78, 5) is 31.9. The Balaban J connectivity index is 1.68. The predicted octanol–water partition coefficient (Wildman–Crippen LogP) is 2.47. The molecular weight excluding hydrogens is 378 g/mol. The van der Waals surface area contributed by atoms with Crippen molar-refractivity contribution in [3.63, 3.8) is 0 Å². The molecule has 148 valence electrons. The quantitative estimate of drug-likeness (QED) is 0.360.